The van der Waals surface area contributed by atoms with Gasteiger partial charge in [-0.15, -0.1) is 0 Å². The number of halogens is 10. The number of unbranched alkanes of at least 4 members (excludes halogenated alkanes) is 2. The van der Waals surface area contributed by atoms with Crippen molar-refractivity contribution in [1.82, 2.24) is 0 Å². The van der Waals surface area contributed by atoms with Crippen molar-refractivity contribution in [3.8, 4) is 28.7 Å². The van der Waals surface area contributed by atoms with E-state index in [1.165, 1.54) is 0 Å². The maximum atomic E-state index is 14.7. The van der Waals surface area contributed by atoms with E-state index in [0.29, 0.717) is 30.7 Å². The maximum Gasteiger partial charge on any atom is 0.432 e. The lowest BCUT2D eigenvalue weighted by atomic mass is 10.0. The van der Waals surface area contributed by atoms with Crippen LogP contribution in [0.5, 0.6) is 5.75 Å². The van der Waals surface area contributed by atoms with E-state index in [9.17, 15) is 43.9 Å². The first-order valence-corrected chi connectivity index (χ1v) is 12.8. The SMILES string of the molecule is CCCCCc1cc(F)c(C(F)(F)Oc2cc(F)c(C#Cc3ccc(-c4cc(F)c(F)c(F)c4)c(F)c3)c(F)c2)c(F)c1. The molecule has 0 aliphatic rings. The smallest absolute Gasteiger partial charge is 0.429 e. The van der Waals surface area contributed by atoms with Crippen molar-refractivity contribution >= 4 is 0 Å². The Hall–Kier alpha value is -4.46. The molecule has 0 aliphatic carbocycles. The monoisotopic (exact) mass is 610 g/mol. The zero-order valence-corrected chi connectivity index (χ0v) is 22.2. The molecule has 0 saturated carbocycles. The van der Waals surface area contributed by atoms with E-state index in [1.807, 2.05) is 6.92 Å². The fourth-order valence-corrected chi connectivity index (χ4v) is 4.23. The fourth-order valence-electron chi connectivity index (χ4n) is 4.23. The molecule has 0 N–H and O–H groups in total. The highest BCUT2D eigenvalue weighted by Gasteiger charge is 2.41. The van der Waals surface area contributed by atoms with Crippen LogP contribution in [0.2, 0.25) is 0 Å². The maximum absolute atomic E-state index is 14.7. The van der Waals surface area contributed by atoms with Crippen LogP contribution in [0.25, 0.3) is 11.1 Å². The van der Waals surface area contributed by atoms with Gasteiger partial charge in [-0.3, -0.25) is 0 Å². The van der Waals surface area contributed by atoms with E-state index in [-0.39, 0.29) is 28.7 Å². The van der Waals surface area contributed by atoms with Crippen molar-refractivity contribution in [3.63, 3.8) is 0 Å². The molecule has 0 heterocycles. The first-order chi connectivity index (χ1) is 20.3. The van der Waals surface area contributed by atoms with Crippen molar-refractivity contribution < 1.29 is 48.6 Å². The van der Waals surface area contributed by atoms with E-state index in [2.05, 4.69) is 16.6 Å². The number of rotatable bonds is 8. The van der Waals surface area contributed by atoms with Gasteiger partial charge in [0.2, 0.25) is 0 Å². The fraction of sp³-hybridized carbons (Fsp3) is 0.188. The number of benzene rings is 4. The molecular weight excluding hydrogens is 590 g/mol. The summed E-state index contributed by atoms with van der Waals surface area (Å²) in [7, 11) is 0. The summed E-state index contributed by atoms with van der Waals surface area (Å²) in [6, 6.07) is 6.29. The first-order valence-electron chi connectivity index (χ1n) is 12.8. The Morgan fingerprint density at radius 2 is 1.26 bits per heavy atom. The third-order valence-electron chi connectivity index (χ3n) is 6.32. The molecule has 0 saturated heterocycles. The normalized spacial score (nSPS) is 11.3. The minimum Gasteiger partial charge on any atom is -0.429 e. The molecule has 0 fully saturated rings. The van der Waals surface area contributed by atoms with E-state index >= 15 is 0 Å². The highest BCUT2D eigenvalue weighted by atomic mass is 19.3. The van der Waals surface area contributed by atoms with Crippen molar-refractivity contribution in [2.75, 3.05) is 0 Å². The molecule has 4 aromatic carbocycles. The molecule has 224 valence electrons. The van der Waals surface area contributed by atoms with Crippen LogP contribution in [0.3, 0.4) is 0 Å². The topological polar surface area (TPSA) is 9.23 Å². The number of ether oxygens (including phenoxy) is 1. The molecule has 0 aliphatic heterocycles. The van der Waals surface area contributed by atoms with Crippen LogP contribution in [-0.4, -0.2) is 0 Å². The molecule has 0 aromatic heterocycles. The largest absolute Gasteiger partial charge is 0.432 e. The van der Waals surface area contributed by atoms with Gasteiger partial charge in [-0.05, 0) is 60.4 Å². The molecule has 0 spiro atoms. The second-order valence-electron chi connectivity index (χ2n) is 9.47. The Balaban J connectivity index is 1.56. The highest BCUT2D eigenvalue weighted by Crippen LogP contribution is 2.36. The van der Waals surface area contributed by atoms with Crippen molar-refractivity contribution in [2.24, 2.45) is 0 Å². The molecule has 1 nitrogen and oxygen atoms in total. The third-order valence-corrected chi connectivity index (χ3v) is 6.32. The number of hydrogen-bond donors (Lipinski definition) is 0. The Kier molecular flexibility index (Phi) is 9.38. The molecule has 4 aromatic rings. The first kappa shape index (κ1) is 31.5. The van der Waals surface area contributed by atoms with Crippen molar-refractivity contribution in [1.29, 1.82) is 0 Å². The minimum atomic E-state index is -4.64. The molecule has 4 rings (SSSR count). The molecule has 0 bridgehead atoms. The van der Waals surface area contributed by atoms with Crippen LogP contribution < -0.4 is 4.74 Å². The van der Waals surface area contributed by atoms with Crippen LogP contribution in [-0.2, 0) is 12.5 Å². The van der Waals surface area contributed by atoms with Crippen molar-refractivity contribution in [2.45, 2.75) is 38.7 Å². The van der Waals surface area contributed by atoms with Crippen LogP contribution in [0.4, 0.5) is 43.9 Å². The summed E-state index contributed by atoms with van der Waals surface area (Å²) >= 11 is 0. The van der Waals surface area contributed by atoms with E-state index < -0.39 is 69.5 Å². The summed E-state index contributed by atoms with van der Waals surface area (Å²) in [6.45, 7) is 1.92. The molecule has 0 amide bonds. The molecule has 0 atom stereocenters. The number of aryl methyl sites for hydroxylation is 1. The summed E-state index contributed by atoms with van der Waals surface area (Å²) in [5.41, 5.74) is -3.26. The Morgan fingerprint density at radius 3 is 1.81 bits per heavy atom. The quantitative estimate of drug-likeness (QED) is 0.0836. The van der Waals surface area contributed by atoms with Crippen LogP contribution in [0, 0.1) is 58.4 Å². The van der Waals surface area contributed by atoms with Gasteiger partial charge in [-0.1, -0.05) is 37.7 Å². The average molecular weight is 610 g/mol. The van der Waals surface area contributed by atoms with Gasteiger partial charge < -0.3 is 4.74 Å². The molecular formula is C32H20F10O. The van der Waals surface area contributed by atoms with Gasteiger partial charge in [0.15, 0.2) is 17.5 Å². The van der Waals surface area contributed by atoms with Gasteiger partial charge in [0.25, 0.3) is 0 Å². The Morgan fingerprint density at radius 1 is 0.651 bits per heavy atom. The minimum absolute atomic E-state index is 0.140. The third kappa shape index (κ3) is 7.13. The standard InChI is InChI=1S/C32H20F10O/c1-2-3-4-5-18-11-26(36)30(27(37)12-18)32(41,42)43-20-15-24(34)22(25(35)16-20)9-7-17-6-8-21(23(33)10-17)19-13-28(38)31(40)29(39)14-19/h6,8,10-16H,2-5H2,1H3. The lowest BCUT2D eigenvalue weighted by molar-refractivity contribution is -0.189. The van der Waals surface area contributed by atoms with Crippen LogP contribution in [0.15, 0.2) is 54.6 Å². The molecule has 43 heavy (non-hydrogen) atoms. The zero-order valence-electron chi connectivity index (χ0n) is 22.2. The average Bonchev–Trinajstić information content (AvgIpc) is 2.90. The summed E-state index contributed by atoms with van der Waals surface area (Å²) in [4.78, 5) is 0. The highest BCUT2D eigenvalue weighted by molar-refractivity contribution is 5.65. The second-order valence-corrected chi connectivity index (χ2v) is 9.47. The molecule has 0 radical (unpaired) electrons. The lowest BCUT2D eigenvalue weighted by Crippen LogP contribution is -2.25. The van der Waals surface area contributed by atoms with Gasteiger partial charge >= 0.3 is 6.11 Å². The second kappa shape index (κ2) is 12.8. The summed E-state index contributed by atoms with van der Waals surface area (Å²) < 4.78 is 147. The summed E-state index contributed by atoms with van der Waals surface area (Å²) in [5, 5.41) is 0. The molecule has 0 unspecified atom stereocenters. The zero-order chi connectivity index (χ0) is 31.5. The van der Waals surface area contributed by atoms with E-state index in [0.717, 1.165) is 43.2 Å². The Labute approximate surface area is 239 Å². The van der Waals surface area contributed by atoms with Gasteiger partial charge in [-0.2, -0.15) is 8.78 Å². The van der Waals surface area contributed by atoms with Gasteiger partial charge in [0.1, 0.15) is 40.4 Å². The van der Waals surface area contributed by atoms with Gasteiger partial charge in [0, 0.05) is 23.3 Å². The van der Waals surface area contributed by atoms with Crippen molar-refractivity contribution in [3.05, 3.63) is 123 Å². The predicted octanol–water partition coefficient (Wildman–Crippen LogP) is 9.73. The van der Waals surface area contributed by atoms with Crippen LogP contribution in [0.1, 0.15) is 48.4 Å². The van der Waals surface area contributed by atoms with E-state index in [1.54, 1.807) is 0 Å². The number of alkyl halides is 2. The number of hydrogen-bond acceptors (Lipinski definition) is 1. The Bertz CT molecular complexity index is 1670. The summed E-state index contributed by atoms with van der Waals surface area (Å²) in [5.74, 6) is -8.74. The van der Waals surface area contributed by atoms with Gasteiger partial charge in [0.05, 0.1) is 5.56 Å². The van der Waals surface area contributed by atoms with Crippen LogP contribution >= 0.6 is 0 Å². The molecule has 11 heteroatoms. The van der Waals surface area contributed by atoms with E-state index in [4.69, 9.17) is 0 Å². The van der Waals surface area contributed by atoms with Gasteiger partial charge in [-0.25, -0.2) is 35.1 Å². The lowest BCUT2D eigenvalue weighted by Gasteiger charge is -2.20. The predicted molar refractivity (Wildman–Crippen MR) is 138 cm³/mol. The summed E-state index contributed by atoms with van der Waals surface area (Å²) in [6.07, 6.45) is -2.18.